The van der Waals surface area contributed by atoms with Crippen molar-refractivity contribution in [2.45, 2.75) is 70.4 Å². The molecule has 0 unspecified atom stereocenters. The predicted molar refractivity (Wildman–Crippen MR) is 124 cm³/mol. The van der Waals surface area contributed by atoms with Gasteiger partial charge in [-0.1, -0.05) is 38.1 Å². The van der Waals surface area contributed by atoms with Gasteiger partial charge < -0.3 is 5.11 Å². The van der Waals surface area contributed by atoms with Crippen LogP contribution in [0.2, 0.25) is 0 Å². The lowest BCUT2D eigenvalue weighted by Gasteiger charge is -2.44. The molecule has 0 saturated carbocycles. The lowest BCUT2D eigenvalue weighted by Crippen LogP contribution is -2.40. The fourth-order valence-electron chi connectivity index (χ4n) is 4.99. The topological polar surface area (TPSA) is 40.5 Å². The fourth-order valence-corrected chi connectivity index (χ4v) is 4.99. The Balaban J connectivity index is 1.99. The largest absolute Gasteiger partial charge is 0.481 e. The van der Waals surface area contributed by atoms with Crippen LogP contribution in [0.25, 0.3) is 0 Å². The standard InChI is InChI=1S/C27H31F6NO2/c1-17(2)3-12-23(19-4-8-21(9-5-19)26(28,29)30)34-14-13-18(16-25(35)36)15-24(34)20-6-10-22(11-7-20)27(31,32)33/h4-11,17-18,23-24H,3,12-16H2,1-2H3,(H,35,36)/t18-,23+,24+/m1/s1. The number of likely N-dealkylation sites (tertiary alicyclic amines) is 1. The second-order valence-electron chi connectivity index (χ2n) is 9.97. The number of halogens is 6. The molecule has 2 aromatic carbocycles. The maximum atomic E-state index is 13.1. The predicted octanol–water partition coefficient (Wildman–Crippen LogP) is 8.13. The second-order valence-corrected chi connectivity index (χ2v) is 9.97. The Kier molecular flexibility index (Phi) is 8.75. The molecule has 1 fully saturated rings. The lowest BCUT2D eigenvalue weighted by molar-refractivity contribution is -0.139. The van der Waals surface area contributed by atoms with Gasteiger partial charge in [0.1, 0.15) is 0 Å². The minimum absolute atomic E-state index is 0.0398. The van der Waals surface area contributed by atoms with E-state index < -0.39 is 29.4 Å². The first-order valence-corrected chi connectivity index (χ1v) is 12.1. The summed E-state index contributed by atoms with van der Waals surface area (Å²) in [4.78, 5) is 13.5. The van der Waals surface area contributed by atoms with Gasteiger partial charge in [0.2, 0.25) is 0 Å². The Bertz CT molecular complexity index is 999. The molecule has 198 valence electrons. The molecule has 1 N–H and O–H groups in total. The van der Waals surface area contributed by atoms with Crippen molar-refractivity contribution in [2.24, 2.45) is 11.8 Å². The van der Waals surface area contributed by atoms with Crippen LogP contribution < -0.4 is 0 Å². The van der Waals surface area contributed by atoms with E-state index in [9.17, 15) is 36.2 Å². The number of piperidine rings is 1. The van der Waals surface area contributed by atoms with E-state index in [2.05, 4.69) is 18.7 Å². The quantitative estimate of drug-likeness (QED) is 0.361. The minimum Gasteiger partial charge on any atom is -0.481 e. The molecule has 3 atom stereocenters. The summed E-state index contributed by atoms with van der Waals surface area (Å²) >= 11 is 0. The molecule has 0 aromatic heterocycles. The summed E-state index contributed by atoms with van der Waals surface area (Å²) < 4.78 is 78.8. The Labute approximate surface area is 207 Å². The summed E-state index contributed by atoms with van der Waals surface area (Å²) in [6.07, 6.45) is -6.48. The van der Waals surface area contributed by atoms with Crippen molar-refractivity contribution in [1.82, 2.24) is 4.90 Å². The molecule has 0 bridgehead atoms. The van der Waals surface area contributed by atoms with Crippen molar-refractivity contribution in [1.29, 1.82) is 0 Å². The number of carboxylic acid groups (broad SMARTS) is 1. The van der Waals surface area contributed by atoms with Crippen LogP contribution in [0.4, 0.5) is 26.3 Å². The van der Waals surface area contributed by atoms with Gasteiger partial charge in [-0.05, 0) is 79.5 Å². The average Bonchev–Trinajstić information content (AvgIpc) is 2.78. The molecule has 1 heterocycles. The van der Waals surface area contributed by atoms with Gasteiger partial charge in [-0.25, -0.2) is 0 Å². The molecular weight excluding hydrogens is 484 g/mol. The zero-order valence-electron chi connectivity index (χ0n) is 20.2. The molecule has 1 saturated heterocycles. The first kappa shape index (κ1) is 28.0. The summed E-state index contributed by atoms with van der Waals surface area (Å²) in [6.45, 7) is 4.60. The number of carbonyl (C=O) groups is 1. The van der Waals surface area contributed by atoms with Gasteiger partial charge in [0.05, 0.1) is 11.1 Å². The van der Waals surface area contributed by atoms with Crippen LogP contribution in [0, 0.1) is 11.8 Å². The number of benzene rings is 2. The number of alkyl halides is 6. The van der Waals surface area contributed by atoms with Crippen LogP contribution >= 0.6 is 0 Å². The Morgan fingerprint density at radius 1 is 0.917 bits per heavy atom. The summed E-state index contributed by atoms with van der Waals surface area (Å²) in [5.74, 6) is -0.737. The third kappa shape index (κ3) is 7.24. The highest BCUT2D eigenvalue weighted by molar-refractivity contribution is 5.67. The second kappa shape index (κ2) is 11.2. The normalized spacial score (nSPS) is 20.5. The monoisotopic (exact) mass is 515 g/mol. The molecule has 0 radical (unpaired) electrons. The molecule has 2 aromatic rings. The summed E-state index contributed by atoms with van der Waals surface area (Å²) in [5.41, 5.74) is -0.167. The van der Waals surface area contributed by atoms with E-state index in [4.69, 9.17) is 0 Å². The van der Waals surface area contributed by atoms with Gasteiger partial charge in [0.25, 0.3) is 0 Å². The van der Waals surface area contributed by atoms with Crippen molar-refractivity contribution in [3.8, 4) is 0 Å². The number of carboxylic acids is 1. The number of nitrogens with zero attached hydrogens (tertiary/aromatic N) is 1. The fraction of sp³-hybridized carbons (Fsp3) is 0.519. The lowest BCUT2D eigenvalue weighted by atomic mass is 9.82. The van der Waals surface area contributed by atoms with E-state index in [1.54, 1.807) is 0 Å². The summed E-state index contributed by atoms with van der Waals surface area (Å²) in [7, 11) is 0. The number of aliphatic carboxylic acids is 1. The van der Waals surface area contributed by atoms with Gasteiger partial charge in [-0.3, -0.25) is 9.69 Å². The molecule has 0 amide bonds. The summed E-state index contributed by atoms with van der Waals surface area (Å²) in [6, 6.07) is 9.35. The maximum Gasteiger partial charge on any atom is 0.416 e. The minimum atomic E-state index is -4.48. The van der Waals surface area contributed by atoms with Gasteiger partial charge >= 0.3 is 18.3 Å². The maximum absolute atomic E-state index is 13.1. The first-order chi connectivity index (χ1) is 16.8. The van der Waals surface area contributed by atoms with Crippen LogP contribution in [-0.2, 0) is 17.1 Å². The zero-order chi connectivity index (χ0) is 26.7. The highest BCUT2D eigenvalue weighted by Crippen LogP contribution is 2.43. The molecule has 0 aliphatic carbocycles. The van der Waals surface area contributed by atoms with Crippen molar-refractivity contribution >= 4 is 5.97 Å². The molecule has 3 rings (SSSR count). The van der Waals surface area contributed by atoms with Gasteiger partial charge in [0.15, 0.2) is 0 Å². The van der Waals surface area contributed by atoms with Gasteiger partial charge in [0, 0.05) is 18.5 Å². The zero-order valence-corrected chi connectivity index (χ0v) is 20.2. The molecule has 1 aliphatic rings. The molecule has 1 aliphatic heterocycles. The van der Waals surface area contributed by atoms with E-state index in [0.29, 0.717) is 42.9 Å². The number of rotatable bonds is 8. The third-order valence-electron chi connectivity index (χ3n) is 6.88. The average molecular weight is 516 g/mol. The van der Waals surface area contributed by atoms with Crippen LogP contribution in [0.5, 0.6) is 0 Å². The third-order valence-corrected chi connectivity index (χ3v) is 6.88. The Morgan fingerprint density at radius 3 is 1.92 bits per heavy atom. The Morgan fingerprint density at radius 2 is 1.44 bits per heavy atom. The van der Waals surface area contributed by atoms with Crippen molar-refractivity contribution in [3.05, 3.63) is 70.8 Å². The molecule has 3 nitrogen and oxygen atoms in total. The van der Waals surface area contributed by atoms with Crippen molar-refractivity contribution in [2.75, 3.05) is 6.54 Å². The van der Waals surface area contributed by atoms with Crippen LogP contribution in [0.15, 0.2) is 48.5 Å². The van der Waals surface area contributed by atoms with E-state index in [0.717, 1.165) is 30.7 Å². The van der Waals surface area contributed by atoms with Crippen molar-refractivity contribution in [3.63, 3.8) is 0 Å². The number of hydrogen-bond donors (Lipinski definition) is 1. The van der Waals surface area contributed by atoms with E-state index >= 15 is 0 Å². The molecule has 0 spiro atoms. The Hall–Kier alpha value is -2.55. The van der Waals surface area contributed by atoms with Gasteiger partial charge in [-0.15, -0.1) is 0 Å². The van der Waals surface area contributed by atoms with Crippen LogP contribution in [0.3, 0.4) is 0 Å². The van der Waals surface area contributed by atoms with E-state index in [-0.39, 0.29) is 24.4 Å². The highest BCUT2D eigenvalue weighted by Gasteiger charge is 2.37. The SMILES string of the molecule is CC(C)CC[C@@H](c1ccc(C(F)(F)F)cc1)N1CC[C@@H](CC(=O)O)C[C@H]1c1ccc(C(F)(F)F)cc1. The first-order valence-electron chi connectivity index (χ1n) is 12.1. The van der Waals surface area contributed by atoms with Gasteiger partial charge in [-0.2, -0.15) is 26.3 Å². The molecule has 36 heavy (non-hydrogen) atoms. The van der Waals surface area contributed by atoms with E-state index in [1.807, 2.05) is 0 Å². The molecule has 9 heteroatoms. The highest BCUT2D eigenvalue weighted by atomic mass is 19.4. The number of hydrogen-bond acceptors (Lipinski definition) is 2. The van der Waals surface area contributed by atoms with Crippen LogP contribution in [-0.4, -0.2) is 22.5 Å². The summed E-state index contributed by atoms with van der Waals surface area (Å²) in [5, 5.41) is 9.31. The molecular formula is C27H31F6NO2. The van der Waals surface area contributed by atoms with Crippen LogP contribution in [0.1, 0.15) is 80.3 Å². The van der Waals surface area contributed by atoms with Crippen molar-refractivity contribution < 1.29 is 36.2 Å². The van der Waals surface area contributed by atoms with E-state index in [1.165, 1.54) is 24.3 Å². The smallest absolute Gasteiger partial charge is 0.416 e.